The lowest BCUT2D eigenvalue weighted by atomic mass is 10.0. The van der Waals surface area contributed by atoms with Crippen molar-refractivity contribution in [3.05, 3.63) is 52.6 Å². The van der Waals surface area contributed by atoms with Crippen LogP contribution >= 0.6 is 0 Å². The molecule has 0 aliphatic carbocycles. The van der Waals surface area contributed by atoms with Crippen LogP contribution in [0.15, 0.2) is 24.4 Å². The summed E-state index contributed by atoms with van der Waals surface area (Å²) in [6.45, 7) is 4.08. The largest absolute Gasteiger partial charge is 0.361 e. The van der Waals surface area contributed by atoms with E-state index < -0.39 is 5.82 Å². The van der Waals surface area contributed by atoms with E-state index in [9.17, 15) is 18.8 Å². The number of aromatic nitrogens is 1. The van der Waals surface area contributed by atoms with Crippen LogP contribution in [-0.4, -0.2) is 48.9 Å². The second-order valence-corrected chi connectivity index (χ2v) is 7.00. The summed E-state index contributed by atoms with van der Waals surface area (Å²) in [6, 6.07) is 3.79. The fraction of sp³-hybridized carbons (Fsp3) is 0.286. The Kier molecular flexibility index (Phi) is 6.31. The van der Waals surface area contributed by atoms with E-state index in [4.69, 9.17) is 0 Å². The lowest BCUT2D eigenvalue weighted by molar-refractivity contribution is -0.122. The highest BCUT2D eigenvalue weighted by molar-refractivity contribution is 6.34. The topological polar surface area (TPSA) is 115 Å². The monoisotopic (exact) mass is 413 g/mol. The summed E-state index contributed by atoms with van der Waals surface area (Å²) in [5.74, 6) is -1.21. The number of fused-ring (bicyclic) bond motifs is 1. The van der Waals surface area contributed by atoms with Crippen LogP contribution in [0.5, 0.6) is 0 Å². The Hall–Kier alpha value is -3.46. The second-order valence-electron chi connectivity index (χ2n) is 7.00. The van der Waals surface area contributed by atoms with Gasteiger partial charge in [-0.25, -0.2) is 4.39 Å². The van der Waals surface area contributed by atoms with E-state index in [0.717, 1.165) is 0 Å². The molecule has 3 amide bonds. The molecule has 0 spiro atoms. The summed E-state index contributed by atoms with van der Waals surface area (Å²) < 4.78 is 13.6. The van der Waals surface area contributed by atoms with Crippen LogP contribution < -0.4 is 21.3 Å². The maximum absolute atomic E-state index is 13.6. The molecule has 1 aliphatic rings. The maximum atomic E-state index is 13.6. The lowest BCUT2D eigenvalue weighted by Crippen LogP contribution is -2.43. The first-order chi connectivity index (χ1) is 14.3. The highest BCUT2D eigenvalue weighted by Gasteiger charge is 2.25. The Morgan fingerprint density at radius 2 is 1.97 bits per heavy atom. The number of benzene rings is 1. The third kappa shape index (κ3) is 4.41. The number of hydrogen-bond donors (Lipinski definition) is 5. The molecule has 0 saturated carbocycles. The Balaban J connectivity index is 1.67. The van der Waals surface area contributed by atoms with Gasteiger partial charge >= 0.3 is 0 Å². The first-order valence-corrected chi connectivity index (χ1v) is 9.56. The quantitative estimate of drug-likeness (QED) is 0.349. The third-order valence-electron chi connectivity index (χ3n) is 5.01. The molecule has 0 radical (unpaired) electrons. The summed E-state index contributed by atoms with van der Waals surface area (Å²) >= 11 is 0. The predicted octanol–water partition coefficient (Wildman–Crippen LogP) is 1.41. The molecule has 3 rings (SSSR count). The van der Waals surface area contributed by atoms with Gasteiger partial charge in [0.2, 0.25) is 5.91 Å². The van der Waals surface area contributed by atoms with Crippen LogP contribution in [0.4, 0.5) is 10.1 Å². The van der Waals surface area contributed by atoms with Gasteiger partial charge in [0.05, 0.1) is 17.2 Å². The van der Waals surface area contributed by atoms with Gasteiger partial charge in [0.1, 0.15) is 5.82 Å². The van der Waals surface area contributed by atoms with Crippen molar-refractivity contribution in [1.29, 1.82) is 0 Å². The summed E-state index contributed by atoms with van der Waals surface area (Å²) in [6.07, 6.45) is 3.16. The van der Waals surface area contributed by atoms with E-state index in [1.54, 1.807) is 33.2 Å². The van der Waals surface area contributed by atoms with E-state index in [2.05, 4.69) is 26.3 Å². The second kappa shape index (κ2) is 8.91. The molecule has 2 aromatic rings. The van der Waals surface area contributed by atoms with Gasteiger partial charge in [0.25, 0.3) is 11.8 Å². The fourth-order valence-corrected chi connectivity index (χ4v) is 3.09. The van der Waals surface area contributed by atoms with Crippen LogP contribution in [0.2, 0.25) is 0 Å². The van der Waals surface area contributed by atoms with Gasteiger partial charge in [0, 0.05) is 36.2 Å². The number of H-pyrrole nitrogens is 1. The van der Waals surface area contributed by atoms with Gasteiger partial charge in [0.15, 0.2) is 0 Å². The van der Waals surface area contributed by atoms with E-state index >= 15 is 0 Å². The molecule has 5 N–H and O–H groups in total. The van der Waals surface area contributed by atoms with E-state index in [-0.39, 0.29) is 30.3 Å². The zero-order valence-electron chi connectivity index (χ0n) is 17.0. The number of halogens is 1. The molecule has 1 atom stereocenters. The number of carbonyl (C=O) groups is 3. The van der Waals surface area contributed by atoms with Gasteiger partial charge in [-0.2, -0.15) is 0 Å². The average Bonchev–Trinajstić information content (AvgIpc) is 3.24. The first kappa shape index (κ1) is 21.3. The van der Waals surface area contributed by atoms with Crippen molar-refractivity contribution in [2.24, 2.45) is 0 Å². The number of carbonyl (C=O) groups excluding carboxylic acids is 3. The molecule has 0 bridgehead atoms. The van der Waals surface area contributed by atoms with Gasteiger partial charge in [-0.1, -0.05) is 0 Å². The molecule has 1 aromatic carbocycles. The van der Waals surface area contributed by atoms with Crippen LogP contribution in [0.25, 0.3) is 11.6 Å². The molecule has 30 heavy (non-hydrogen) atoms. The molecule has 1 aromatic heterocycles. The minimum absolute atomic E-state index is 0.148. The number of amides is 3. The number of hydrogen-bond acceptors (Lipinski definition) is 4. The summed E-state index contributed by atoms with van der Waals surface area (Å²) in [7, 11) is 1.69. The molecule has 158 valence electrons. The van der Waals surface area contributed by atoms with Crippen molar-refractivity contribution in [3.8, 4) is 0 Å². The van der Waals surface area contributed by atoms with Crippen LogP contribution in [0.3, 0.4) is 0 Å². The molecule has 8 nitrogen and oxygen atoms in total. The van der Waals surface area contributed by atoms with Gasteiger partial charge in [-0.15, -0.1) is 0 Å². The van der Waals surface area contributed by atoms with Crippen molar-refractivity contribution in [2.75, 3.05) is 25.5 Å². The van der Waals surface area contributed by atoms with Crippen molar-refractivity contribution in [3.63, 3.8) is 0 Å². The SMILES string of the molecule is CNC(C)C(=O)NCCNC(=O)c1c[nH]c(/C=C2\C(=O)Nc3ccc(F)cc32)c1C. The number of nitrogens with one attached hydrogen (secondary N) is 5. The summed E-state index contributed by atoms with van der Waals surface area (Å²) in [4.78, 5) is 39.4. The van der Waals surface area contributed by atoms with Gasteiger partial charge in [-0.05, 0) is 50.7 Å². The zero-order chi connectivity index (χ0) is 21.8. The van der Waals surface area contributed by atoms with E-state index in [1.165, 1.54) is 18.2 Å². The maximum Gasteiger partial charge on any atom is 0.256 e. The van der Waals surface area contributed by atoms with Crippen LogP contribution in [0, 0.1) is 12.7 Å². The third-order valence-corrected chi connectivity index (χ3v) is 5.01. The molecular weight excluding hydrogens is 389 g/mol. The van der Waals surface area contributed by atoms with Crippen molar-refractivity contribution in [1.82, 2.24) is 20.9 Å². The summed E-state index contributed by atoms with van der Waals surface area (Å²) in [5.41, 5.74) is 3.01. The molecule has 2 heterocycles. The first-order valence-electron chi connectivity index (χ1n) is 9.56. The zero-order valence-corrected chi connectivity index (χ0v) is 17.0. The Labute approximate surface area is 173 Å². The lowest BCUT2D eigenvalue weighted by Gasteiger charge is -2.11. The van der Waals surface area contributed by atoms with Crippen molar-refractivity contribution < 1.29 is 18.8 Å². The van der Waals surface area contributed by atoms with Gasteiger partial charge < -0.3 is 26.3 Å². The summed E-state index contributed by atoms with van der Waals surface area (Å²) in [5, 5.41) is 11.0. The molecule has 9 heteroatoms. The van der Waals surface area contributed by atoms with Crippen LogP contribution in [-0.2, 0) is 9.59 Å². The Morgan fingerprint density at radius 3 is 2.70 bits per heavy atom. The van der Waals surface area contributed by atoms with Crippen LogP contribution in [0.1, 0.15) is 34.1 Å². The van der Waals surface area contributed by atoms with Crippen molar-refractivity contribution in [2.45, 2.75) is 19.9 Å². The highest BCUT2D eigenvalue weighted by atomic mass is 19.1. The smallest absolute Gasteiger partial charge is 0.256 e. The number of rotatable bonds is 7. The number of likely N-dealkylation sites (N-methyl/N-ethyl adjacent to an activating group) is 1. The minimum atomic E-state index is -0.435. The average molecular weight is 413 g/mol. The van der Waals surface area contributed by atoms with E-state index in [0.29, 0.717) is 40.2 Å². The van der Waals surface area contributed by atoms with Gasteiger partial charge in [-0.3, -0.25) is 14.4 Å². The standard InChI is InChI=1S/C21H24FN5O3/c1-11-16(20(29)25-7-6-24-19(28)12(2)23-3)10-26-18(11)9-15-14-8-13(22)4-5-17(14)27-21(15)30/h4-5,8-10,12,23,26H,6-7H2,1-3H3,(H,24,28)(H,25,29)(H,27,30)/b15-9-. The minimum Gasteiger partial charge on any atom is -0.361 e. The highest BCUT2D eigenvalue weighted by Crippen LogP contribution is 2.34. The molecule has 0 fully saturated rings. The fourth-order valence-electron chi connectivity index (χ4n) is 3.09. The molecular formula is C21H24FN5O3. The molecule has 0 saturated heterocycles. The molecule has 1 unspecified atom stereocenters. The van der Waals surface area contributed by atoms with E-state index in [1.807, 2.05) is 0 Å². The van der Waals surface area contributed by atoms with Crippen molar-refractivity contribution >= 4 is 35.1 Å². The molecule has 1 aliphatic heterocycles. The normalized spacial score (nSPS) is 14.9. The predicted molar refractivity (Wildman–Crippen MR) is 112 cm³/mol. The number of aromatic amines is 1. The number of anilines is 1. The Morgan fingerprint density at radius 1 is 1.23 bits per heavy atom. The Bertz CT molecular complexity index is 1030.